The summed E-state index contributed by atoms with van der Waals surface area (Å²) in [6, 6.07) is 46.5. The zero-order valence-corrected chi connectivity index (χ0v) is 21.5. The van der Waals surface area contributed by atoms with Crippen molar-refractivity contribution in [3.8, 4) is 11.1 Å². The maximum absolute atomic E-state index is 13.2. The first kappa shape index (κ1) is 26.1. The summed E-state index contributed by atoms with van der Waals surface area (Å²) in [5.74, 6) is -0.730. The normalized spacial score (nSPS) is 13.3. The SMILES string of the molecule is O=C(O[C@H](c1ccccc1)[C@H](OCc1ccc(-c2ccccc2)cc1)c1ccccc1)[C@@H](O)c1ccccc1. The Kier molecular flexibility index (Phi) is 8.59. The van der Waals surface area contributed by atoms with Crippen molar-refractivity contribution < 1.29 is 19.4 Å². The standard InChI is InChI=1S/C35H30O4/c36-32(29-15-7-2-8-16-29)35(37)39-34(31-19-11-4-12-20-31)33(30-17-9-3-10-18-30)38-25-26-21-23-28(24-22-26)27-13-5-1-6-14-27/h1-24,32-34,36H,25H2/t32-,33+,34+/m0/s1. The molecule has 0 spiro atoms. The second-order valence-electron chi connectivity index (χ2n) is 9.29. The first-order valence-corrected chi connectivity index (χ1v) is 13.0. The molecule has 0 heterocycles. The van der Waals surface area contributed by atoms with Crippen LogP contribution in [0.3, 0.4) is 0 Å². The molecule has 0 aliphatic heterocycles. The number of benzene rings is 5. The number of carbonyl (C=O) groups is 1. The molecule has 5 rings (SSSR count). The average molecular weight is 515 g/mol. The second-order valence-corrected chi connectivity index (χ2v) is 9.29. The highest BCUT2D eigenvalue weighted by molar-refractivity contribution is 5.76. The Morgan fingerprint density at radius 1 is 0.538 bits per heavy atom. The lowest BCUT2D eigenvalue weighted by Crippen LogP contribution is -2.24. The van der Waals surface area contributed by atoms with E-state index >= 15 is 0 Å². The van der Waals surface area contributed by atoms with E-state index in [0.29, 0.717) is 12.2 Å². The average Bonchev–Trinajstić information content (AvgIpc) is 3.02. The van der Waals surface area contributed by atoms with Gasteiger partial charge >= 0.3 is 5.97 Å². The monoisotopic (exact) mass is 514 g/mol. The molecule has 4 heteroatoms. The molecule has 0 aliphatic carbocycles. The van der Waals surface area contributed by atoms with Gasteiger partial charge in [-0.15, -0.1) is 0 Å². The van der Waals surface area contributed by atoms with Crippen LogP contribution in [0.25, 0.3) is 11.1 Å². The Labute approximate surface area is 229 Å². The third-order valence-electron chi connectivity index (χ3n) is 6.60. The molecule has 39 heavy (non-hydrogen) atoms. The number of aliphatic hydroxyl groups excluding tert-OH is 1. The fourth-order valence-electron chi connectivity index (χ4n) is 4.52. The highest BCUT2D eigenvalue weighted by Gasteiger charge is 2.32. The van der Waals surface area contributed by atoms with Gasteiger partial charge in [0.1, 0.15) is 6.10 Å². The van der Waals surface area contributed by atoms with Crippen LogP contribution in [0.2, 0.25) is 0 Å². The molecule has 3 atom stereocenters. The number of hydrogen-bond donors (Lipinski definition) is 1. The summed E-state index contributed by atoms with van der Waals surface area (Å²) < 4.78 is 12.5. The van der Waals surface area contributed by atoms with E-state index in [1.807, 2.05) is 97.1 Å². The topological polar surface area (TPSA) is 55.8 Å². The summed E-state index contributed by atoms with van der Waals surface area (Å²) in [6.07, 6.45) is -2.78. The third kappa shape index (κ3) is 6.68. The van der Waals surface area contributed by atoms with Crippen LogP contribution in [0.1, 0.15) is 40.6 Å². The molecule has 5 aromatic rings. The fourth-order valence-corrected chi connectivity index (χ4v) is 4.52. The maximum atomic E-state index is 13.2. The van der Waals surface area contributed by atoms with Crippen molar-refractivity contribution in [1.82, 2.24) is 0 Å². The molecule has 0 saturated carbocycles. The molecular weight excluding hydrogens is 484 g/mol. The van der Waals surface area contributed by atoms with E-state index in [4.69, 9.17) is 9.47 Å². The molecule has 0 radical (unpaired) electrons. The quantitative estimate of drug-likeness (QED) is 0.195. The molecule has 0 aliphatic rings. The molecule has 194 valence electrons. The summed E-state index contributed by atoms with van der Waals surface area (Å²) in [5, 5.41) is 10.7. The fraction of sp³-hybridized carbons (Fsp3) is 0.114. The molecule has 1 N–H and O–H groups in total. The lowest BCUT2D eigenvalue weighted by Gasteiger charge is -2.29. The van der Waals surface area contributed by atoms with Gasteiger partial charge in [0, 0.05) is 0 Å². The van der Waals surface area contributed by atoms with Gasteiger partial charge in [0.15, 0.2) is 12.2 Å². The van der Waals surface area contributed by atoms with Crippen molar-refractivity contribution in [2.24, 2.45) is 0 Å². The zero-order valence-electron chi connectivity index (χ0n) is 21.5. The van der Waals surface area contributed by atoms with Crippen LogP contribution in [-0.4, -0.2) is 11.1 Å². The van der Waals surface area contributed by atoms with Crippen LogP contribution in [0, 0.1) is 0 Å². The summed E-state index contributed by atoms with van der Waals surface area (Å²) in [6.45, 7) is 0.316. The van der Waals surface area contributed by atoms with Gasteiger partial charge in [-0.1, -0.05) is 146 Å². The van der Waals surface area contributed by atoms with E-state index in [0.717, 1.165) is 27.8 Å². The molecule has 0 unspecified atom stereocenters. The Bertz CT molecular complexity index is 1440. The largest absolute Gasteiger partial charge is 0.452 e. The van der Waals surface area contributed by atoms with Crippen LogP contribution in [0.15, 0.2) is 146 Å². The van der Waals surface area contributed by atoms with Gasteiger partial charge in [0.25, 0.3) is 0 Å². The van der Waals surface area contributed by atoms with Crippen molar-refractivity contribution in [1.29, 1.82) is 0 Å². The first-order chi connectivity index (χ1) is 19.2. The molecule has 0 aromatic heterocycles. The maximum Gasteiger partial charge on any atom is 0.340 e. The van der Waals surface area contributed by atoms with Crippen LogP contribution in [0.4, 0.5) is 0 Å². The summed E-state index contributed by atoms with van der Waals surface area (Å²) in [5.41, 5.74) is 5.40. The van der Waals surface area contributed by atoms with Crippen LogP contribution in [0.5, 0.6) is 0 Å². The van der Waals surface area contributed by atoms with Gasteiger partial charge in [-0.05, 0) is 33.4 Å². The number of carbonyl (C=O) groups excluding carboxylic acids is 1. The van der Waals surface area contributed by atoms with E-state index in [2.05, 4.69) is 24.3 Å². The first-order valence-electron chi connectivity index (χ1n) is 13.0. The molecule has 0 amide bonds. The van der Waals surface area contributed by atoms with Crippen molar-refractivity contribution in [2.45, 2.75) is 24.9 Å². The Morgan fingerprint density at radius 2 is 0.974 bits per heavy atom. The molecule has 4 nitrogen and oxygen atoms in total. The Hall–Kier alpha value is -4.51. The minimum absolute atomic E-state index is 0.316. The minimum Gasteiger partial charge on any atom is -0.452 e. The van der Waals surface area contributed by atoms with Gasteiger partial charge in [0.2, 0.25) is 0 Å². The smallest absolute Gasteiger partial charge is 0.340 e. The number of rotatable bonds is 10. The van der Waals surface area contributed by atoms with Gasteiger partial charge < -0.3 is 14.6 Å². The van der Waals surface area contributed by atoms with E-state index in [1.165, 1.54) is 0 Å². The lowest BCUT2D eigenvalue weighted by atomic mass is 9.97. The predicted octanol–water partition coefficient (Wildman–Crippen LogP) is 7.63. The van der Waals surface area contributed by atoms with Crippen molar-refractivity contribution in [2.75, 3.05) is 0 Å². The summed E-state index contributed by atoms with van der Waals surface area (Å²) >= 11 is 0. The van der Waals surface area contributed by atoms with Crippen molar-refractivity contribution in [3.63, 3.8) is 0 Å². The van der Waals surface area contributed by atoms with Crippen LogP contribution < -0.4 is 0 Å². The van der Waals surface area contributed by atoms with Crippen LogP contribution in [-0.2, 0) is 20.9 Å². The molecule has 0 bridgehead atoms. The van der Waals surface area contributed by atoms with Gasteiger partial charge in [-0.3, -0.25) is 0 Å². The Balaban J connectivity index is 1.41. The highest BCUT2D eigenvalue weighted by atomic mass is 16.6. The highest BCUT2D eigenvalue weighted by Crippen LogP contribution is 2.37. The third-order valence-corrected chi connectivity index (χ3v) is 6.60. The predicted molar refractivity (Wildman–Crippen MR) is 153 cm³/mol. The number of hydrogen-bond acceptors (Lipinski definition) is 4. The summed E-state index contributed by atoms with van der Waals surface area (Å²) in [4.78, 5) is 13.2. The van der Waals surface area contributed by atoms with Crippen LogP contribution >= 0.6 is 0 Å². The second kappa shape index (κ2) is 12.8. The van der Waals surface area contributed by atoms with E-state index in [-0.39, 0.29) is 0 Å². The van der Waals surface area contributed by atoms with E-state index in [9.17, 15) is 9.90 Å². The zero-order chi connectivity index (χ0) is 26.9. The molecule has 0 saturated heterocycles. The van der Waals surface area contributed by atoms with Crippen molar-refractivity contribution in [3.05, 3.63) is 168 Å². The van der Waals surface area contributed by atoms with E-state index in [1.54, 1.807) is 24.3 Å². The Morgan fingerprint density at radius 3 is 1.51 bits per heavy atom. The van der Waals surface area contributed by atoms with Crippen molar-refractivity contribution >= 4 is 5.97 Å². The van der Waals surface area contributed by atoms with E-state index < -0.39 is 24.3 Å². The number of aliphatic hydroxyl groups is 1. The molecular formula is C35H30O4. The number of ether oxygens (including phenoxy) is 2. The van der Waals surface area contributed by atoms with Gasteiger partial charge in [-0.25, -0.2) is 4.79 Å². The lowest BCUT2D eigenvalue weighted by molar-refractivity contribution is -0.170. The molecule has 5 aromatic carbocycles. The van der Waals surface area contributed by atoms with Gasteiger partial charge in [-0.2, -0.15) is 0 Å². The number of esters is 1. The minimum atomic E-state index is -1.40. The summed E-state index contributed by atoms with van der Waals surface area (Å²) in [7, 11) is 0. The van der Waals surface area contributed by atoms with Gasteiger partial charge in [0.05, 0.1) is 6.61 Å². The molecule has 0 fully saturated rings.